The first-order valence-corrected chi connectivity index (χ1v) is 5.52. The molecule has 1 atom stereocenters. The zero-order valence-corrected chi connectivity index (χ0v) is 10.7. The smallest absolute Gasteiger partial charge is 0.417 e. The van der Waals surface area contributed by atoms with E-state index in [2.05, 4.69) is 0 Å². The fourth-order valence-corrected chi connectivity index (χ4v) is 1.59. The summed E-state index contributed by atoms with van der Waals surface area (Å²) >= 11 is 0. The van der Waals surface area contributed by atoms with Crippen LogP contribution in [0.5, 0.6) is 0 Å². The molecule has 1 aromatic carbocycles. The Hall–Kier alpha value is -1.09. The van der Waals surface area contributed by atoms with E-state index in [1.54, 1.807) is 0 Å². The molecule has 0 spiro atoms. The van der Waals surface area contributed by atoms with E-state index in [1.807, 2.05) is 44.2 Å². The highest BCUT2D eigenvalue weighted by Gasteiger charge is 2.29. The topological polar surface area (TPSA) is 26.3 Å². The number of rotatable bonds is 4. The third-order valence-corrected chi connectivity index (χ3v) is 3.36. The first kappa shape index (κ1) is 11.0. The molecule has 0 saturated carbocycles. The SMILES string of the molecule is C[C](c1ccccc1)C(C)([SiH3])O[C]=O. The highest BCUT2D eigenvalue weighted by atomic mass is 28.1. The molecule has 1 unspecified atom stereocenters. The van der Waals surface area contributed by atoms with E-state index >= 15 is 0 Å². The molecule has 0 saturated heterocycles. The first-order valence-electron chi connectivity index (χ1n) is 4.52. The van der Waals surface area contributed by atoms with Gasteiger partial charge in [0, 0.05) is 5.92 Å². The van der Waals surface area contributed by atoms with Crippen LogP contribution in [0, 0.1) is 5.92 Å². The van der Waals surface area contributed by atoms with Gasteiger partial charge in [0.1, 0.15) is 0 Å². The molecule has 0 heterocycles. The second-order valence-electron chi connectivity index (χ2n) is 3.69. The fourth-order valence-electron chi connectivity index (χ4n) is 1.22. The maximum atomic E-state index is 10.2. The zero-order valence-electron chi connectivity index (χ0n) is 8.70. The van der Waals surface area contributed by atoms with Gasteiger partial charge in [0.15, 0.2) is 0 Å². The van der Waals surface area contributed by atoms with Crippen molar-refractivity contribution in [1.82, 2.24) is 0 Å². The highest BCUT2D eigenvalue weighted by Crippen LogP contribution is 2.26. The van der Waals surface area contributed by atoms with Gasteiger partial charge in [0.05, 0.1) is 15.5 Å². The van der Waals surface area contributed by atoms with E-state index in [9.17, 15) is 4.79 Å². The summed E-state index contributed by atoms with van der Waals surface area (Å²) in [4.78, 5) is 10.2. The standard InChI is InChI=1S/C11H14O2Si/c1-9(11(2,14)13-8-12)10-6-4-3-5-7-10/h3-7H,1-2,14H3. The van der Waals surface area contributed by atoms with Crippen molar-refractivity contribution in [3.05, 3.63) is 41.8 Å². The van der Waals surface area contributed by atoms with Gasteiger partial charge in [0.2, 0.25) is 0 Å². The molecule has 3 heteroatoms. The minimum Gasteiger partial charge on any atom is -0.455 e. The summed E-state index contributed by atoms with van der Waals surface area (Å²) in [6.45, 7) is 5.42. The Morgan fingerprint density at radius 2 is 2.00 bits per heavy atom. The van der Waals surface area contributed by atoms with Crippen LogP contribution in [0.3, 0.4) is 0 Å². The summed E-state index contributed by atoms with van der Waals surface area (Å²) < 4.78 is 4.96. The van der Waals surface area contributed by atoms with Gasteiger partial charge in [-0.15, -0.1) is 0 Å². The molecule has 2 radical (unpaired) electrons. The molecule has 0 N–H and O–H groups in total. The molecule has 2 nitrogen and oxygen atoms in total. The van der Waals surface area contributed by atoms with E-state index in [-0.39, 0.29) is 0 Å². The van der Waals surface area contributed by atoms with E-state index < -0.39 is 5.22 Å². The summed E-state index contributed by atoms with van der Waals surface area (Å²) in [6, 6.07) is 9.94. The Labute approximate surface area is 87.7 Å². The maximum Gasteiger partial charge on any atom is 0.417 e. The minimum absolute atomic E-state index is 0.455. The average Bonchev–Trinajstić information content (AvgIpc) is 2.18. The van der Waals surface area contributed by atoms with Crippen LogP contribution >= 0.6 is 0 Å². The van der Waals surface area contributed by atoms with Gasteiger partial charge in [-0.3, -0.25) is 0 Å². The van der Waals surface area contributed by atoms with Crippen LogP contribution in [0.25, 0.3) is 0 Å². The van der Waals surface area contributed by atoms with E-state index in [0.29, 0.717) is 0 Å². The Bertz CT molecular complexity index is 295. The minimum atomic E-state index is -0.455. The Balaban J connectivity index is 2.84. The van der Waals surface area contributed by atoms with E-state index in [0.717, 1.165) is 21.7 Å². The van der Waals surface area contributed by atoms with Crippen molar-refractivity contribution in [2.75, 3.05) is 0 Å². The molecule has 14 heavy (non-hydrogen) atoms. The molecule has 74 valence electrons. The van der Waals surface area contributed by atoms with Gasteiger partial charge in [-0.25, -0.2) is 4.79 Å². The van der Waals surface area contributed by atoms with Crippen LogP contribution in [0.1, 0.15) is 19.4 Å². The second-order valence-corrected chi connectivity index (χ2v) is 5.59. The maximum absolute atomic E-state index is 10.2. The van der Waals surface area contributed by atoms with Gasteiger partial charge in [-0.2, -0.15) is 0 Å². The monoisotopic (exact) mass is 206 g/mol. The lowest BCUT2D eigenvalue weighted by Crippen LogP contribution is -2.35. The first-order chi connectivity index (χ1) is 6.58. The van der Waals surface area contributed by atoms with Crippen molar-refractivity contribution in [2.24, 2.45) is 0 Å². The van der Waals surface area contributed by atoms with Crippen LogP contribution in [0.2, 0.25) is 0 Å². The Kier molecular flexibility index (Phi) is 3.47. The van der Waals surface area contributed by atoms with Crippen LogP contribution in [0.4, 0.5) is 0 Å². The molecule has 0 aliphatic heterocycles. The third kappa shape index (κ3) is 2.45. The van der Waals surface area contributed by atoms with Crippen molar-refractivity contribution in [1.29, 1.82) is 0 Å². The normalized spacial score (nSPS) is 15.1. The van der Waals surface area contributed by atoms with Gasteiger partial charge in [-0.05, 0) is 12.5 Å². The van der Waals surface area contributed by atoms with Crippen molar-refractivity contribution >= 4 is 16.7 Å². The van der Waals surface area contributed by atoms with Gasteiger partial charge < -0.3 is 4.74 Å². The molecule has 0 bridgehead atoms. The summed E-state index contributed by atoms with van der Waals surface area (Å²) in [5.41, 5.74) is 1.11. The van der Waals surface area contributed by atoms with Crippen LogP contribution in [-0.4, -0.2) is 21.9 Å². The number of hydrogen-bond donors (Lipinski definition) is 0. The fraction of sp³-hybridized carbons (Fsp3) is 0.273. The predicted molar refractivity (Wildman–Crippen MR) is 59.6 cm³/mol. The van der Waals surface area contributed by atoms with Crippen molar-refractivity contribution in [3.8, 4) is 0 Å². The van der Waals surface area contributed by atoms with Crippen LogP contribution in [0.15, 0.2) is 30.3 Å². The van der Waals surface area contributed by atoms with Crippen LogP contribution in [-0.2, 0) is 9.53 Å². The molecular formula is C11H14O2Si. The van der Waals surface area contributed by atoms with E-state index in [1.165, 1.54) is 6.47 Å². The van der Waals surface area contributed by atoms with E-state index in [4.69, 9.17) is 4.74 Å². The van der Waals surface area contributed by atoms with Gasteiger partial charge >= 0.3 is 6.47 Å². The molecule has 1 rings (SSSR count). The van der Waals surface area contributed by atoms with Crippen LogP contribution < -0.4 is 0 Å². The number of ether oxygens (including phenoxy) is 1. The van der Waals surface area contributed by atoms with Crippen molar-refractivity contribution in [3.63, 3.8) is 0 Å². The Morgan fingerprint density at radius 1 is 1.43 bits per heavy atom. The van der Waals surface area contributed by atoms with Crippen molar-refractivity contribution < 1.29 is 9.53 Å². The molecule has 0 aromatic heterocycles. The molecule has 0 aliphatic rings. The lowest BCUT2D eigenvalue weighted by molar-refractivity contribution is 0.170. The summed E-state index contributed by atoms with van der Waals surface area (Å²) in [7, 11) is 0.755. The zero-order chi connectivity index (χ0) is 10.6. The molecule has 0 fully saturated rings. The van der Waals surface area contributed by atoms with Gasteiger partial charge in [-0.1, -0.05) is 37.3 Å². The largest absolute Gasteiger partial charge is 0.455 e. The number of benzene rings is 1. The molecular weight excluding hydrogens is 192 g/mol. The summed E-state index contributed by atoms with van der Waals surface area (Å²) in [5.74, 6) is 1.08. The van der Waals surface area contributed by atoms with Gasteiger partial charge in [0.25, 0.3) is 0 Å². The Morgan fingerprint density at radius 3 is 2.50 bits per heavy atom. The summed E-state index contributed by atoms with van der Waals surface area (Å²) in [5, 5.41) is -0.455. The highest BCUT2D eigenvalue weighted by molar-refractivity contribution is 6.16. The molecule has 1 aromatic rings. The lowest BCUT2D eigenvalue weighted by Gasteiger charge is -2.29. The quantitative estimate of drug-likeness (QED) is 0.681. The van der Waals surface area contributed by atoms with Crippen molar-refractivity contribution in [2.45, 2.75) is 19.1 Å². The predicted octanol–water partition coefficient (Wildman–Crippen LogP) is 0.794. The summed E-state index contributed by atoms with van der Waals surface area (Å²) in [6.07, 6.45) is 0. The lowest BCUT2D eigenvalue weighted by atomic mass is 9.95. The average molecular weight is 206 g/mol. The number of carbonyl (C=O) groups excluding carboxylic acids is 1. The third-order valence-electron chi connectivity index (χ3n) is 2.41. The number of hydrogen-bond acceptors (Lipinski definition) is 2. The molecule has 0 amide bonds. The molecule has 0 aliphatic carbocycles. The second kappa shape index (κ2) is 4.42.